The smallest absolute Gasteiger partial charge is 0.279 e. The third-order valence-corrected chi connectivity index (χ3v) is 4.80. The standard InChI is InChI=1S/C24H20FN3O2/c1-16(2)27(30)15-17-7-5-8-18(13-17)23-21-11-3-4-12-22(21)24(29)28(26-23)20-10-6-9-19(25)14-20/h3-16H,1-2H3. The van der Waals surface area contributed by atoms with E-state index in [2.05, 4.69) is 5.10 Å². The molecular weight excluding hydrogens is 381 g/mol. The molecule has 0 unspecified atom stereocenters. The molecule has 0 aliphatic rings. The van der Waals surface area contributed by atoms with Crippen molar-refractivity contribution in [3.63, 3.8) is 0 Å². The van der Waals surface area contributed by atoms with E-state index in [1.54, 1.807) is 18.2 Å². The van der Waals surface area contributed by atoms with Crippen LogP contribution in [-0.2, 0) is 0 Å². The molecule has 6 heteroatoms. The van der Waals surface area contributed by atoms with E-state index in [1.165, 1.54) is 29.1 Å². The molecule has 4 rings (SSSR count). The molecule has 3 aromatic carbocycles. The summed E-state index contributed by atoms with van der Waals surface area (Å²) >= 11 is 0. The van der Waals surface area contributed by atoms with Crippen LogP contribution in [0.25, 0.3) is 27.7 Å². The Hall–Kier alpha value is -3.80. The van der Waals surface area contributed by atoms with E-state index in [0.29, 0.717) is 22.2 Å². The van der Waals surface area contributed by atoms with Gasteiger partial charge in [0.15, 0.2) is 12.3 Å². The molecular formula is C24H20FN3O2. The van der Waals surface area contributed by atoms with Crippen molar-refractivity contribution < 1.29 is 9.13 Å². The summed E-state index contributed by atoms with van der Waals surface area (Å²) < 4.78 is 15.9. The summed E-state index contributed by atoms with van der Waals surface area (Å²) in [5.74, 6) is -0.447. The van der Waals surface area contributed by atoms with Crippen molar-refractivity contribution in [1.82, 2.24) is 9.78 Å². The van der Waals surface area contributed by atoms with E-state index in [4.69, 9.17) is 0 Å². The predicted octanol–water partition coefficient (Wildman–Crippen LogP) is 4.53. The van der Waals surface area contributed by atoms with Gasteiger partial charge in [0.25, 0.3) is 5.56 Å². The topological polar surface area (TPSA) is 61.0 Å². The van der Waals surface area contributed by atoms with Crippen molar-refractivity contribution in [2.75, 3.05) is 0 Å². The molecule has 0 fully saturated rings. The summed E-state index contributed by atoms with van der Waals surface area (Å²) in [5.41, 5.74) is 2.08. The first-order valence-corrected chi connectivity index (χ1v) is 9.63. The van der Waals surface area contributed by atoms with Gasteiger partial charge in [0, 0.05) is 16.5 Å². The van der Waals surface area contributed by atoms with Crippen LogP contribution >= 0.6 is 0 Å². The van der Waals surface area contributed by atoms with Crippen LogP contribution in [-0.4, -0.2) is 26.8 Å². The highest BCUT2D eigenvalue weighted by molar-refractivity contribution is 5.94. The second-order valence-corrected chi connectivity index (χ2v) is 7.30. The minimum Gasteiger partial charge on any atom is -0.624 e. The first kappa shape index (κ1) is 19.5. The van der Waals surface area contributed by atoms with Crippen molar-refractivity contribution in [3.8, 4) is 16.9 Å². The van der Waals surface area contributed by atoms with Crippen molar-refractivity contribution in [1.29, 1.82) is 0 Å². The summed E-state index contributed by atoms with van der Waals surface area (Å²) in [4.78, 5) is 13.0. The lowest BCUT2D eigenvalue weighted by Crippen LogP contribution is -2.22. The van der Waals surface area contributed by atoms with Crippen molar-refractivity contribution in [3.05, 3.63) is 99.7 Å². The largest absolute Gasteiger partial charge is 0.624 e. The zero-order valence-corrected chi connectivity index (χ0v) is 16.6. The summed E-state index contributed by atoms with van der Waals surface area (Å²) in [6.45, 7) is 3.63. The predicted molar refractivity (Wildman–Crippen MR) is 117 cm³/mol. The summed E-state index contributed by atoms with van der Waals surface area (Å²) in [6.07, 6.45) is 1.53. The van der Waals surface area contributed by atoms with Crippen molar-refractivity contribution in [2.45, 2.75) is 19.9 Å². The molecule has 30 heavy (non-hydrogen) atoms. The quantitative estimate of drug-likeness (QED) is 0.218. The van der Waals surface area contributed by atoms with Gasteiger partial charge in [-0.15, -0.1) is 0 Å². The van der Waals surface area contributed by atoms with Crippen LogP contribution in [0.3, 0.4) is 0 Å². The van der Waals surface area contributed by atoms with Crippen LogP contribution in [0.1, 0.15) is 19.4 Å². The van der Waals surface area contributed by atoms with Gasteiger partial charge >= 0.3 is 0 Å². The third kappa shape index (κ3) is 3.72. The first-order chi connectivity index (χ1) is 14.4. The molecule has 5 nitrogen and oxygen atoms in total. The maximum atomic E-state index is 13.8. The van der Waals surface area contributed by atoms with Gasteiger partial charge in [-0.25, -0.2) is 9.13 Å². The highest BCUT2D eigenvalue weighted by Gasteiger charge is 2.14. The van der Waals surface area contributed by atoms with Gasteiger partial charge in [0.2, 0.25) is 0 Å². The van der Waals surface area contributed by atoms with E-state index in [0.717, 1.165) is 15.9 Å². The monoisotopic (exact) mass is 401 g/mol. The van der Waals surface area contributed by atoms with Crippen molar-refractivity contribution in [2.24, 2.45) is 0 Å². The van der Waals surface area contributed by atoms with Gasteiger partial charge in [-0.2, -0.15) is 9.78 Å². The molecule has 0 aliphatic heterocycles. The number of aromatic nitrogens is 2. The molecule has 0 spiro atoms. The number of benzene rings is 3. The number of hydroxylamine groups is 1. The Bertz CT molecular complexity index is 1330. The Morgan fingerprint density at radius 1 is 1.00 bits per heavy atom. The molecule has 0 saturated heterocycles. The van der Waals surface area contributed by atoms with E-state index in [9.17, 15) is 14.4 Å². The molecule has 0 N–H and O–H groups in total. The zero-order chi connectivity index (χ0) is 21.3. The average molecular weight is 401 g/mol. The van der Waals surface area contributed by atoms with Gasteiger partial charge in [0.1, 0.15) is 5.82 Å². The zero-order valence-electron chi connectivity index (χ0n) is 16.6. The maximum Gasteiger partial charge on any atom is 0.279 e. The van der Waals surface area contributed by atoms with Crippen LogP contribution in [0.15, 0.2) is 77.6 Å². The van der Waals surface area contributed by atoms with E-state index < -0.39 is 5.82 Å². The second-order valence-electron chi connectivity index (χ2n) is 7.30. The molecule has 0 amide bonds. The molecule has 0 atom stereocenters. The number of hydrogen-bond donors (Lipinski definition) is 0. The minimum absolute atomic E-state index is 0.178. The van der Waals surface area contributed by atoms with E-state index in [1.807, 2.05) is 50.2 Å². The van der Waals surface area contributed by atoms with E-state index in [-0.39, 0.29) is 11.6 Å². The van der Waals surface area contributed by atoms with Crippen molar-refractivity contribution >= 4 is 17.0 Å². The van der Waals surface area contributed by atoms with Crippen LogP contribution in [0.2, 0.25) is 0 Å². The Morgan fingerprint density at radius 3 is 2.47 bits per heavy atom. The summed E-state index contributed by atoms with van der Waals surface area (Å²) in [6, 6.07) is 20.2. The Morgan fingerprint density at radius 2 is 1.73 bits per heavy atom. The molecule has 1 aromatic heterocycles. The summed E-state index contributed by atoms with van der Waals surface area (Å²) in [5, 5.41) is 17.8. The highest BCUT2D eigenvalue weighted by Crippen LogP contribution is 2.26. The van der Waals surface area contributed by atoms with Crippen LogP contribution in [0, 0.1) is 11.0 Å². The Balaban J connectivity index is 1.97. The lowest BCUT2D eigenvalue weighted by molar-refractivity contribution is -0.487. The fraction of sp³-hybridized carbons (Fsp3) is 0.125. The fourth-order valence-corrected chi connectivity index (χ4v) is 3.25. The van der Waals surface area contributed by atoms with Crippen LogP contribution in [0.4, 0.5) is 4.39 Å². The second kappa shape index (κ2) is 7.91. The molecule has 150 valence electrons. The first-order valence-electron chi connectivity index (χ1n) is 9.63. The number of rotatable bonds is 4. The number of fused-ring (bicyclic) bond motifs is 1. The van der Waals surface area contributed by atoms with Gasteiger partial charge in [0.05, 0.1) is 16.8 Å². The normalized spacial score (nSPS) is 11.9. The molecule has 0 radical (unpaired) electrons. The SMILES string of the molecule is CC(C)[N+]([O-])=Cc1cccc(-c2nn(-c3cccc(F)c3)c(=O)c3ccccc23)c1. The Kier molecular flexibility index (Phi) is 5.14. The average Bonchev–Trinajstić information content (AvgIpc) is 2.74. The molecule has 0 aliphatic carbocycles. The van der Waals surface area contributed by atoms with Crippen LogP contribution in [0.5, 0.6) is 0 Å². The lowest BCUT2D eigenvalue weighted by atomic mass is 10.0. The highest BCUT2D eigenvalue weighted by atomic mass is 19.1. The number of hydrogen-bond acceptors (Lipinski definition) is 3. The van der Waals surface area contributed by atoms with Gasteiger partial charge in [-0.05, 0) is 50.2 Å². The van der Waals surface area contributed by atoms with E-state index >= 15 is 0 Å². The third-order valence-electron chi connectivity index (χ3n) is 4.80. The number of nitrogens with zero attached hydrogens (tertiary/aromatic N) is 3. The summed E-state index contributed by atoms with van der Waals surface area (Å²) in [7, 11) is 0. The van der Waals surface area contributed by atoms with Gasteiger partial charge < -0.3 is 5.21 Å². The molecule has 1 heterocycles. The molecule has 4 aromatic rings. The van der Waals surface area contributed by atoms with Gasteiger partial charge in [-0.3, -0.25) is 4.79 Å². The molecule has 0 saturated carbocycles. The maximum absolute atomic E-state index is 13.8. The minimum atomic E-state index is -0.447. The lowest BCUT2D eigenvalue weighted by Gasteiger charge is -2.12. The fourth-order valence-electron chi connectivity index (χ4n) is 3.25. The number of halogens is 1. The molecule has 0 bridgehead atoms. The Labute approximate surface area is 172 Å². The van der Waals surface area contributed by atoms with Crippen LogP contribution < -0.4 is 5.56 Å². The van der Waals surface area contributed by atoms with Gasteiger partial charge in [-0.1, -0.05) is 36.4 Å².